The monoisotopic (exact) mass is 354 g/mol. The minimum absolute atomic E-state index is 0.0923. The van der Waals surface area contributed by atoms with Gasteiger partial charge < -0.3 is 9.47 Å². The molecule has 0 heterocycles. The van der Waals surface area contributed by atoms with Crippen molar-refractivity contribution in [1.82, 2.24) is 0 Å². The summed E-state index contributed by atoms with van der Waals surface area (Å²) < 4.78 is 10.9. The predicted molar refractivity (Wildman–Crippen MR) is 95.5 cm³/mol. The minimum Gasteiger partial charge on any atom is -0.346 e. The van der Waals surface area contributed by atoms with Gasteiger partial charge in [-0.15, -0.1) is 0 Å². The van der Waals surface area contributed by atoms with Gasteiger partial charge in [-0.1, -0.05) is 48.6 Å². The Morgan fingerprint density at radius 3 is 2.38 bits per heavy atom. The van der Waals surface area contributed by atoms with E-state index >= 15 is 0 Å². The van der Waals surface area contributed by atoms with Crippen LogP contribution < -0.4 is 0 Å². The molecule has 0 N–H and O–H groups in total. The number of Topliss-reactive ketones (excluding diaryl/α,β-unsaturated/α-hetero) is 2. The van der Waals surface area contributed by atoms with E-state index in [1.165, 1.54) is 33.3 Å². The average Bonchev–Trinajstić information content (AvgIpc) is 2.68. The van der Waals surface area contributed by atoms with Gasteiger partial charge in [0.2, 0.25) is 11.6 Å². The highest BCUT2D eigenvalue weighted by atomic mass is 16.7. The van der Waals surface area contributed by atoms with Crippen molar-refractivity contribution >= 4 is 17.3 Å². The van der Waals surface area contributed by atoms with Gasteiger partial charge in [0.15, 0.2) is 5.78 Å². The fraction of sp³-hybridized carbons (Fsp3) is 0.381. The second-order valence-electron chi connectivity index (χ2n) is 6.77. The largest absolute Gasteiger partial charge is 0.346 e. The van der Waals surface area contributed by atoms with Gasteiger partial charge in [-0.25, -0.2) is 0 Å². The standard InChI is InChI=1S/C21H22O5/c1-14(22)17-13-16-9-11-20(17,19(24)21(16,25-2)26-3)12-10-18(23)15-7-5-4-6-8-15/h4-12,16-17H,13H2,1-3H3/b12-10+/t16-,17-,20-/m0/s1. The van der Waals surface area contributed by atoms with Gasteiger partial charge in [0.05, 0.1) is 5.41 Å². The van der Waals surface area contributed by atoms with E-state index in [0.29, 0.717) is 12.0 Å². The molecule has 2 bridgehead atoms. The highest BCUT2D eigenvalue weighted by molar-refractivity contribution is 6.07. The number of carbonyl (C=O) groups is 3. The van der Waals surface area contributed by atoms with Crippen LogP contribution in [0.2, 0.25) is 0 Å². The molecule has 0 aromatic heterocycles. The number of benzene rings is 1. The minimum atomic E-state index is -1.43. The third-order valence-corrected chi connectivity index (χ3v) is 5.53. The van der Waals surface area contributed by atoms with E-state index in [1.54, 1.807) is 30.3 Å². The highest BCUT2D eigenvalue weighted by Gasteiger charge is 2.64. The Morgan fingerprint density at radius 1 is 1.15 bits per heavy atom. The van der Waals surface area contributed by atoms with Gasteiger partial charge in [-0.3, -0.25) is 14.4 Å². The molecule has 0 saturated heterocycles. The summed E-state index contributed by atoms with van der Waals surface area (Å²) in [4.78, 5) is 38.1. The topological polar surface area (TPSA) is 69.7 Å². The number of methoxy groups -OCH3 is 2. The number of ether oxygens (including phenoxy) is 2. The lowest BCUT2D eigenvalue weighted by molar-refractivity contribution is -0.244. The molecule has 0 aliphatic heterocycles. The van der Waals surface area contributed by atoms with Crippen molar-refractivity contribution in [3.8, 4) is 0 Å². The van der Waals surface area contributed by atoms with Crippen molar-refractivity contribution < 1.29 is 23.9 Å². The normalized spacial score (nSPS) is 29.3. The molecule has 1 fully saturated rings. The lowest BCUT2D eigenvalue weighted by Gasteiger charge is -2.52. The van der Waals surface area contributed by atoms with Crippen molar-refractivity contribution in [2.75, 3.05) is 14.2 Å². The van der Waals surface area contributed by atoms with Gasteiger partial charge in [-0.05, 0) is 19.4 Å². The Balaban J connectivity index is 2.05. The summed E-state index contributed by atoms with van der Waals surface area (Å²) in [6.07, 6.45) is 6.92. The molecule has 0 spiro atoms. The van der Waals surface area contributed by atoms with Crippen LogP contribution >= 0.6 is 0 Å². The van der Waals surface area contributed by atoms with E-state index < -0.39 is 17.1 Å². The predicted octanol–water partition coefficient (Wildman–Crippen LogP) is 2.77. The summed E-state index contributed by atoms with van der Waals surface area (Å²) in [5.41, 5.74) is -0.720. The van der Waals surface area contributed by atoms with Crippen LogP contribution in [0.25, 0.3) is 0 Å². The lowest BCUT2D eigenvalue weighted by atomic mass is 9.54. The van der Waals surface area contributed by atoms with Gasteiger partial charge in [-0.2, -0.15) is 0 Å². The lowest BCUT2D eigenvalue weighted by Crippen LogP contribution is -2.64. The van der Waals surface area contributed by atoms with E-state index in [1.807, 2.05) is 12.1 Å². The first kappa shape index (κ1) is 18.4. The molecule has 3 aliphatic rings. The van der Waals surface area contributed by atoms with Crippen LogP contribution in [-0.2, 0) is 19.1 Å². The molecule has 4 rings (SSSR count). The van der Waals surface area contributed by atoms with Gasteiger partial charge in [0, 0.05) is 31.6 Å². The Bertz CT molecular complexity index is 788. The zero-order valence-corrected chi connectivity index (χ0v) is 15.1. The number of rotatable bonds is 6. The summed E-state index contributed by atoms with van der Waals surface area (Å²) in [5.74, 6) is -2.96. The highest BCUT2D eigenvalue weighted by Crippen LogP contribution is 2.54. The molecule has 1 aromatic rings. The number of allylic oxidation sites excluding steroid dienone is 3. The van der Waals surface area contributed by atoms with Gasteiger partial charge in [0.1, 0.15) is 5.78 Å². The zero-order valence-electron chi connectivity index (χ0n) is 15.1. The van der Waals surface area contributed by atoms with Crippen molar-refractivity contribution in [1.29, 1.82) is 0 Å². The Kier molecular flexibility index (Phi) is 4.78. The summed E-state index contributed by atoms with van der Waals surface area (Å²) in [6, 6.07) is 8.78. The van der Waals surface area contributed by atoms with Crippen LogP contribution in [0.1, 0.15) is 23.7 Å². The van der Waals surface area contributed by atoms with Crippen LogP contribution in [-0.4, -0.2) is 37.4 Å². The van der Waals surface area contributed by atoms with Crippen molar-refractivity contribution in [2.45, 2.75) is 19.1 Å². The Labute approximate surface area is 152 Å². The van der Waals surface area contributed by atoms with Crippen LogP contribution in [0.4, 0.5) is 0 Å². The molecule has 0 radical (unpaired) electrons. The fourth-order valence-corrected chi connectivity index (χ4v) is 4.14. The number of ketones is 3. The van der Waals surface area contributed by atoms with E-state index in [9.17, 15) is 14.4 Å². The van der Waals surface area contributed by atoms with Gasteiger partial charge >= 0.3 is 0 Å². The zero-order chi connectivity index (χ0) is 18.9. The number of carbonyl (C=O) groups excluding carboxylic acids is 3. The third-order valence-electron chi connectivity index (χ3n) is 5.53. The van der Waals surface area contributed by atoms with Crippen molar-refractivity contribution in [2.24, 2.45) is 17.3 Å². The molecule has 26 heavy (non-hydrogen) atoms. The van der Waals surface area contributed by atoms with Gasteiger partial charge in [0.25, 0.3) is 0 Å². The summed E-state index contributed by atoms with van der Waals surface area (Å²) in [6.45, 7) is 1.47. The summed E-state index contributed by atoms with van der Waals surface area (Å²) >= 11 is 0. The maximum atomic E-state index is 13.3. The van der Waals surface area contributed by atoms with Crippen molar-refractivity contribution in [3.05, 3.63) is 60.2 Å². The van der Waals surface area contributed by atoms with Crippen LogP contribution in [0.3, 0.4) is 0 Å². The molecular formula is C21H22O5. The average molecular weight is 354 g/mol. The third kappa shape index (κ3) is 2.59. The van der Waals surface area contributed by atoms with E-state index in [4.69, 9.17) is 9.47 Å². The first-order valence-electron chi connectivity index (χ1n) is 8.55. The van der Waals surface area contributed by atoms with Crippen molar-refractivity contribution in [3.63, 3.8) is 0 Å². The second-order valence-corrected chi connectivity index (χ2v) is 6.77. The number of hydrogen-bond donors (Lipinski definition) is 0. The molecule has 0 amide bonds. The molecule has 3 aliphatic carbocycles. The smallest absolute Gasteiger partial charge is 0.236 e. The van der Waals surface area contributed by atoms with Crippen LogP contribution in [0.15, 0.2) is 54.6 Å². The van der Waals surface area contributed by atoms with E-state index in [0.717, 1.165) is 0 Å². The van der Waals surface area contributed by atoms with E-state index in [-0.39, 0.29) is 23.3 Å². The second kappa shape index (κ2) is 6.74. The van der Waals surface area contributed by atoms with E-state index in [2.05, 4.69) is 0 Å². The molecule has 0 unspecified atom stereocenters. The first-order chi connectivity index (χ1) is 12.4. The number of hydrogen-bond acceptors (Lipinski definition) is 5. The quantitative estimate of drug-likeness (QED) is 0.340. The molecule has 3 atom stereocenters. The Morgan fingerprint density at radius 2 is 1.81 bits per heavy atom. The summed E-state index contributed by atoms with van der Waals surface area (Å²) in [5, 5.41) is 0. The van der Waals surface area contributed by atoms with Crippen LogP contribution in [0, 0.1) is 17.3 Å². The van der Waals surface area contributed by atoms with Crippen LogP contribution in [0.5, 0.6) is 0 Å². The SMILES string of the molecule is COC1(OC)C(=O)[C@]2(/C=C/C(=O)c3ccccc3)C=C[C@H]1C[C@H]2C(C)=O. The molecule has 1 saturated carbocycles. The molecule has 1 aromatic carbocycles. The first-order valence-corrected chi connectivity index (χ1v) is 8.55. The summed E-state index contributed by atoms with van der Waals surface area (Å²) in [7, 11) is 2.84. The maximum Gasteiger partial charge on any atom is 0.236 e. The fourth-order valence-electron chi connectivity index (χ4n) is 4.14. The Hall–Kier alpha value is -2.37. The molecule has 136 valence electrons. The maximum absolute atomic E-state index is 13.3. The molecular weight excluding hydrogens is 332 g/mol. The number of fused-ring (bicyclic) bond motifs is 2. The molecule has 5 heteroatoms. The molecule has 5 nitrogen and oxygen atoms in total.